The third kappa shape index (κ3) is 11.2. The van der Waals surface area contributed by atoms with Crippen molar-refractivity contribution in [3.05, 3.63) is 0 Å². The predicted octanol–water partition coefficient (Wildman–Crippen LogP) is -0.431. The van der Waals surface area contributed by atoms with Crippen molar-refractivity contribution in [3.8, 4) is 0 Å². The molecular weight excluding hydrogens is 251 g/mol. The summed E-state index contributed by atoms with van der Waals surface area (Å²) in [5, 5.41) is 7.14. The van der Waals surface area contributed by atoms with E-state index in [2.05, 4.69) is 4.67 Å². The minimum Gasteiger partial charge on any atom is -0.301 e. The molecular formula is H3CeO5P. The fraction of sp³-hybridized carbons (Fsp3) is 0. The van der Waals surface area contributed by atoms with Crippen LogP contribution in [-0.4, -0.2) is 15.0 Å². The Bertz CT molecular complexity index is 72.1. The van der Waals surface area contributed by atoms with Crippen molar-refractivity contribution in [2.45, 2.75) is 0 Å². The molecule has 7 heteroatoms. The normalized spacial score (nSPS) is 10.1. The third-order valence-corrected chi connectivity index (χ3v) is 0.319. The summed E-state index contributed by atoms with van der Waals surface area (Å²) in [6.45, 7) is 0. The molecule has 0 radical (unpaired) electrons. The number of hydrogen-bond acceptors (Lipinski definition) is 3. The zero-order chi connectivity index (χ0) is 5.21. The summed E-state index contributed by atoms with van der Waals surface area (Å²) in [5.41, 5.74) is 0. The molecule has 0 spiro atoms. The van der Waals surface area contributed by atoms with E-state index in [4.69, 9.17) is 15.0 Å². The van der Waals surface area contributed by atoms with Crippen molar-refractivity contribution in [2.75, 3.05) is 0 Å². The van der Waals surface area contributed by atoms with Crippen LogP contribution in [0.2, 0.25) is 0 Å². The smallest absolute Gasteiger partial charge is 0.301 e. The van der Waals surface area contributed by atoms with Crippen molar-refractivity contribution >= 4 is 7.82 Å². The van der Waals surface area contributed by atoms with Crippen molar-refractivity contribution in [1.82, 2.24) is 0 Å². The molecule has 0 aromatic carbocycles. The summed E-state index contributed by atoms with van der Waals surface area (Å²) < 4.78 is 11.8. The minimum atomic E-state index is -4.59. The van der Waals surface area contributed by atoms with Gasteiger partial charge in [-0.15, -0.1) is 4.67 Å². The molecule has 0 heterocycles. The van der Waals surface area contributed by atoms with E-state index in [-0.39, 0.29) is 41.7 Å². The van der Waals surface area contributed by atoms with E-state index in [1.807, 2.05) is 0 Å². The monoisotopic (exact) mass is 254 g/mol. The molecule has 0 unspecified atom stereocenters. The first-order valence-corrected chi connectivity index (χ1v) is 2.48. The fourth-order valence-electron chi connectivity index (χ4n) is 0. The number of hydrogen-bond donors (Lipinski definition) is 3. The molecule has 0 amide bonds. The Morgan fingerprint density at radius 3 is 1.57 bits per heavy atom. The van der Waals surface area contributed by atoms with Gasteiger partial charge in [-0.25, -0.2) is 9.82 Å². The molecule has 0 saturated heterocycles. The van der Waals surface area contributed by atoms with Crippen molar-refractivity contribution in [1.29, 1.82) is 0 Å². The molecule has 0 aromatic heterocycles. The molecule has 42 valence electrons. The standard InChI is InChI=1S/Ce.H3O5P/c;1-5-6(2,3)4/h;1H,(H2,2,3,4). The van der Waals surface area contributed by atoms with Gasteiger partial charge in [0.05, 0.1) is 0 Å². The molecule has 5 nitrogen and oxygen atoms in total. The molecule has 0 fully saturated rings. The van der Waals surface area contributed by atoms with Gasteiger partial charge in [0.2, 0.25) is 0 Å². The quantitative estimate of drug-likeness (QED) is 0.336. The second-order valence-corrected chi connectivity index (χ2v) is 1.72. The zero-order valence-corrected chi connectivity index (χ0v) is 7.14. The summed E-state index contributed by atoms with van der Waals surface area (Å²) in [5.74, 6) is 0. The van der Waals surface area contributed by atoms with Gasteiger partial charge in [-0.05, 0) is 0 Å². The minimum absolute atomic E-state index is 0. The maximum absolute atomic E-state index is 9.22. The van der Waals surface area contributed by atoms with E-state index in [9.17, 15) is 4.57 Å². The van der Waals surface area contributed by atoms with Crippen LogP contribution in [0.3, 0.4) is 0 Å². The molecule has 0 rings (SSSR count). The average Bonchev–Trinajstić information content (AvgIpc) is 1.35. The summed E-state index contributed by atoms with van der Waals surface area (Å²) >= 11 is 0. The number of phosphoric acid groups is 1. The topological polar surface area (TPSA) is 87.0 Å². The molecule has 0 bridgehead atoms. The van der Waals surface area contributed by atoms with Crippen molar-refractivity contribution < 1.29 is 66.0 Å². The van der Waals surface area contributed by atoms with Crippen LogP contribution in [0.25, 0.3) is 0 Å². The van der Waals surface area contributed by atoms with E-state index >= 15 is 0 Å². The van der Waals surface area contributed by atoms with Crippen LogP contribution >= 0.6 is 7.82 Å². The maximum Gasteiger partial charge on any atom is 0.496 e. The van der Waals surface area contributed by atoms with E-state index in [1.54, 1.807) is 0 Å². The van der Waals surface area contributed by atoms with Gasteiger partial charge < -0.3 is 9.79 Å². The van der Waals surface area contributed by atoms with E-state index < -0.39 is 7.82 Å². The Kier molecular flexibility index (Phi) is 6.98. The Hall–Kier alpha value is 1.45. The van der Waals surface area contributed by atoms with Crippen LogP contribution in [0.1, 0.15) is 0 Å². The van der Waals surface area contributed by atoms with Gasteiger partial charge in [0.15, 0.2) is 0 Å². The van der Waals surface area contributed by atoms with Gasteiger partial charge in [0.1, 0.15) is 0 Å². The van der Waals surface area contributed by atoms with Crippen LogP contribution in [0.4, 0.5) is 0 Å². The Morgan fingerprint density at radius 1 is 1.43 bits per heavy atom. The van der Waals surface area contributed by atoms with Crippen LogP contribution in [0, 0.1) is 41.7 Å². The van der Waals surface area contributed by atoms with E-state index in [0.29, 0.717) is 0 Å². The molecule has 0 aromatic rings. The second kappa shape index (κ2) is 4.34. The fourth-order valence-corrected chi connectivity index (χ4v) is 0. The van der Waals surface area contributed by atoms with Gasteiger partial charge in [0, 0.05) is 41.7 Å². The first-order chi connectivity index (χ1) is 2.56. The van der Waals surface area contributed by atoms with Gasteiger partial charge in [0.25, 0.3) is 0 Å². The summed E-state index contributed by atoms with van der Waals surface area (Å²) in [4.78, 5) is 14.9. The molecule has 0 aliphatic rings. The van der Waals surface area contributed by atoms with E-state index in [1.165, 1.54) is 0 Å². The summed E-state index contributed by atoms with van der Waals surface area (Å²) in [6.07, 6.45) is 0. The van der Waals surface area contributed by atoms with Gasteiger partial charge in [-0.2, -0.15) is 0 Å². The van der Waals surface area contributed by atoms with Crippen LogP contribution in [0.5, 0.6) is 0 Å². The van der Waals surface area contributed by atoms with Gasteiger partial charge in [-0.3, -0.25) is 0 Å². The summed E-state index contributed by atoms with van der Waals surface area (Å²) in [7, 11) is -4.59. The molecule has 0 atom stereocenters. The first kappa shape index (κ1) is 11.3. The van der Waals surface area contributed by atoms with Crippen molar-refractivity contribution in [2.24, 2.45) is 0 Å². The molecule has 0 saturated carbocycles. The SMILES string of the molecule is O=P(O)(O)OO.[Ce]. The molecule has 3 N–H and O–H groups in total. The second-order valence-electron chi connectivity index (χ2n) is 0.572. The molecule has 7 heavy (non-hydrogen) atoms. The summed E-state index contributed by atoms with van der Waals surface area (Å²) in [6, 6.07) is 0. The van der Waals surface area contributed by atoms with Crippen LogP contribution in [0.15, 0.2) is 0 Å². The van der Waals surface area contributed by atoms with Crippen molar-refractivity contribution in [3.63, 3.8) is 0 Å². The van der Waals surface area contributed by atoms with Crippen LogP contribution < -0.4 is 0 Å². The average molecular weight is 254 g/mol. The van der Waals surface area contributed by atoms with Gasteiger partial charge in [-0.1, -0.05) is 0 Å². The maximum atomic E-state index is 9.22. The van der Waals surface area contributed by atoms with Gasteiger partial charge >= 0.3 is 7.82 Å². The Morgan fingerprint density at radius 2 is 1.57 bits per heavy atom. The third-order valence-electron chi connectivity index (χ3n) is 0.106. The predicted molar refractivity (Wildman–Crippen MR) is 15.8 cm³/mol. The Balaban J connectivity index is 0. The molecule has 0 aliphatic carbocycles. The molecule has 0 aliphatic heterocycles. The van der Waals surface area contributed by atoms with E-state index in [0.717, 1.165) is 0 Å². The van der Waals surface area contributed by atoms with Crippen LogP contribution in [-0.2, 0) is 9.24 Å². The first-order valence-electron chi connectivity index (χ1n) is 0.948. The largest absolute Gasteiger partial charge is 0.496 e. The zero-order valence-electron chi connectivity index (χ0n) is 3.11. The number of rotatable bonds is 1. The Labute approximate surface area is 73.2 Å².